The molecule has 2 N–H and O–H groups in total. The Morgan fingerprint density at radius 3 is 2.62 bits per heavy atom. The lowest BCUT2D eigenvalue weighted by Crippen LogP contribution is -2.19. The number of hydrogen-bond donors (Lipinski definition) is 1. The van der Waals surface area contributed by atoms with Crippen LogP contribution in [0.2, 0.25) is 0 Å². The smallest absolute Gasteiger partial charge is 0.0701 e. The summed E-state index contributed by atoms with van der Waals surface area (Å²) in [6, 6.07) is 0. The molecule has 0 radical (unpaired) electrons. The van der Waals surface area contributed by atoms with Crippen molar-refractivity contribution in [3.63, 3.8) is 0 Å². The molecule has 0 amide bonds. The van der Waals surface area contributed by atoms with E-state index < -0.39 is 0 Å². The average Bonchev–Trinajstić information content (AvgIpc) is 2.14. The summed E-state index contributed by atoms with van der Waals surface area (Å²) < 4.78 is 5.39. The van der Waals surface area contributed by atoms with Crippen molar-refractivity contribution in [3.05, 3.63) is 0 Å². The molecule has 1 rings (SSSR count). The van der Waals surface area contributed by atoms with Crippen LogP contribution in [-0.2, 0) is 4.74 Å². The molecule has 48 valence electrons. The Kier molecular flexibility index (Phi) is 1.86. The molecular weight excluding hydrogens is 102 g/mol. The highest BCUT2D eigenvalue weighted by atomic mass is 16.5. The normalized spacial score (nSPS) is 38.2. The predicted octanol–water partition coefficient (Wildman–Crippen LogP) is 0.513. The highest BCUT2D eigenvalue weighted by molar-refractivity contribution is 4.70. The van der Waals surface area contributed by atoms with Crippen LogP contribution >= 0.6 is 0 Å². The van der Waals surface area contributed by atoms with E-state index in [2.05, 4.69) is 6.92 Å². The molecule has 1 aliphatic rings. The maximum atomic E-state index is 5.39. The zero-order valence-corrected chi connectivity index (χ0v) is 5.26. The highest BCUT2D eigenvalue weighted by Gasteiger charge is 2.19. The van der Waals surface area contributed by atoms with Crippen molar-refractivity contribution >= 4 is 0 Å². The van der Waals surface area contributed by atoms with E-state index in [1.807, 2.05) is 0 Å². The predicted molar refractivity (Wildman–Crippen MR) is 32.6 cm³/mol. The van der Waals surface area contributed by atoms with Gasteiger partial charge in [0.15, 0.2) is 0 Å². The summed E-state index contributed by atoms with van der Waals surface area (Å²) in [5.74, 6) is 0. The number of rotatable bonds is 1. The fraction of sp³-hybridized carbons (Fsp3) is 1.00. The van der Waals surface area contributed by atoms with E-state index in [9.17, 15) is 0 Å². The van der Waals surface area contributed by atoms with E-state index in [4.69, 9.17) is 10.5 Å². The minimum Gasteiger partial charge on any atom is -0.374 e. The van der Waals surface area contributed by atoms with Crippen molar-refractivity contribution in [1.82, 2.24) is 0 Å². The fourth-order valence-electron chi connectivity index (χ4n) is 1.06. The summed E-state index contributed by atoms with van der Waals surface area (Å²) >= 11 is 0. The van der Waals surface area contributed by atoms with Gasteiger partial charge in [-0.25, -0.2) is 0 Å². The second-order valence-corrected chi connectivity index (χ2v) is 2.38. The second-order valence-electron chi connectivity index (χ2n) is 2.38. The Labute approximate surface area is 50.0 Å². The Bertz CT molecular complexity index is 74.9. The topological polar surface area (TPSA) is 35.2 Å². The molecule has 1 fully saturated rings. The first-order valence-electron chi connectivity index (χ1n) is 3.18. The molecule has 0 bridgehead atoms. The van der Waals surface area contributed by atoms with Crippen molar-refractivity contribution in [2.75, 3.05) is 6.54 Å². The number of ether oxygens (including phenoxy) is 1. The summed E-state index contributed by atoms with van der Waals surface area (Å²) in [6.45, 7) is 2.78. The van der Waals surface area contributed by atoms with E-state index in [1.54, 1.807) is 0 Å². The molecule has 0 spiro atoms. The first-order valence-corrected chi connectivity index (χ1v) is 3.18. The summed E-state index contributed by atoms with van der Waals surface area (Å²) in [6.07, 6.45) is 3.13. The summed E-state index contributed by atoms with van der Waals surface area (Å²) in [5.41, 5.74) is 5.37. The van der Waals surface area contributed by atoms with Crippen LogP contribution in [0.4, 0.5) is 0 Å². The van der Waals surface area contributed by atoms with E-state index in [1.165, 1.54) is 6.42 Å². The van der Waals surface area contributed by atoms with Crippen molar-refractivity contribution in [1.29, 1.82) is 0 Å². The van der Waals surface area contributed by atoms with Crippen LogP contribution in [0.15, 0.2) is 0 Å². The van der Waals surface area contributed by atoms with Gasteiger partial charge in [0.05, 0.1) is 12.2 Å². The van der Waals surface area contributed by atoms with Gasteiger partial charge in [-0.2, -0.15) is 0 Å². The van der Waals surface area contributed by atoms with Gasteiger partial charge in [0.25, 0.3) is 0 Å². The third-order valence-electron chi connectivity index (χ3n) is 1.58. The SMILES string of the molecule is CC1CCC(CN)O1. The van der Waals surface area contributed by atoms with Crippen LogP contribution in [0.3, 0.4) is 0 Å². The van der Waals surface area contributed by atoms with Crippen LogP contribution in [0.25, 0.3) is 0 Å². The molecule has 8 heavy (non-hydrogen) atoms. The Hall–Kier alpha value is -0.0800. The Balaban J connectivity index is 2.22. The van der Waals surface area contributed by atoms with Crippen LogP contribution in [0, 0.1) is 0 Å². The van der Waals surface area contributed by atoms with Crippen LogP contribution in [0.5, 0.6) is 0 Å². The summed E-state index contributed by atoms with van der Waals surface area (Å²) in [4.78, 5) is 0. The van der Waals surface area contributed by atoms with Crippen LogP contribution < -0.4 is 5.73 Å². The van der Waals surface area contributed by atoms with Crippen molar-refractivity contribution in [2.45, 2.75) is 32.0 Å². The van der Waals surface area contributed by atoms with E-state index >= 15 is 0 Å². The molecule has 0 aliphatic carbocycles. The van der Waals surface area contributed by atoms with Crippen LogP contribution in [-0.4, -0.2) is 18.8 Å². The molecule has 0 aromatic heterocycles. The zero-order valence-electron chi connectivity index (χ0n) is 5.26. The van der Waals surface area contributed by atoms with Gasteiger partial charge in [0.1, 0.15) is 0 Å². The minimum absolute atomic E-state index is 0.352. The lowest BCUT2D eigenvalue weighted by molar-refractivity contribution is 0.0612. The first-order chi connectivity index (χ1) is 3.83. The van der Waals surface area contributed by atoms with Gasteiger partial charge < -0.3 is 10.5 Å². The van der Waals surface area contributed by atoms with Gasteiger partial charge in [-0.15, -0.1) is 0 Å². The third kappa shape index (κ3) is 1.20. The monoisotopic (exact) mass is 115 g/mol. The average molecular weight is 115 g/mol. The molecule has 2 unspecified atom stereocenters. The molecule has 0 saturated carbocycles. The van der Waals surface area contributed by atoms with Crippen molar-refractivity contribution in [2.24, 2.45) is 5.73 Å². The standard InChI is InChI=1S/C6H13NO/c1-5-2-3-6(4-7)8-5/h5-6H,2-4,7H2,1H3. The largest absolute Gasteiger partial charge is 0.374 e. The van der Waals surface area contributed by atoms with E-state index in [0.29, 0.717) is 18.8 Å². The number of hydrogen-bond acceptors (Lipinski definition) is 2. The minimum atomic E-state index is 0.352. The van der Waals surface area contributed by atoms with Gasteiger partial charge in [-0.05, 0) is 19.8 Å². The maximum absolute atomic E-state index is 5.39. The van der Waals surface area contributed by atoms with Gasteiger partial charge >= 0.3 is 0 Å². The zero-order chi connectivity index (χ0) is 5.98. The first kappa shape index (κ1) is 6.05. The van der Waals surface area contributed by atoms with E-state index in [0.717, 1.165) is 6.42 Å². The molecule has 0 aromatic carbocycles. The van der Waals surface area contributed by atoms with Gasteiger partial charge in [-0.3, -0.25) is 0 Å². The van der Waals surface area contributed by atoms with Gasteiger partial charge in [0, 0.05) is 6.54 Å². The maximum Gasteiger partial charge on any atom is 0.0701 e. The van der Waals surface area contributed by atoms with Crippen molar-refractivity contribution < 1.29 is 4.74 Å². The summed E-state index contributed by atoms with van der Waals surface area (Å²) in [7, 11) is 0. The summed E-state index contributed by atoms with van der Waals surface area (Å²) in [5, 5.41) is 0. The second kappa shape index (κ2) is 2.46. The molecule has 2 heteroatoms. The molecule has 1 heterocycles. The van der Waals surface area contributed by atoms with Crippen molar-refractivity contribution in [3.8, 4) is 0 Å². The van der Waals surface area contributed by atoms with E-state index in [-0.39, 0.29) is 0 Å². The lowest BCUT2D eigenvalue weighted by atomic mass is 10.2. The molecule has 1 saturated heterocycles. The molecule has 0 aromatic rings. The number of nitrogens with two attached hydrogens (primary N) is 1. The molecular formula is C6H13NO. The van der Waals surface area contributed by atoms with Crippen LogP contribution in [0.1, 0.15) is 19.8 Å². The molecule has 2 nitrogen and oxygen atoms in total. The Morgan fingerprint density at radius 2 is 2.38 bits per heavy atom. The fourth-order valence-corrected chi connectivity index (χ4v) is 1.06. The quantitative estimate of drug-likeness (QED) is 0.540. The third-order valence-corrected chi connectivity index (χ3v) is 1.58. The van der Waals surface area contributed by atoms with Gasteiger partial charge in [0.2, 0.25) is 0 Å². The molecule has 1 aliphatic heterocycles. The highest BCUT2D eigenvalue weighted by Crippen LogP contribution is 2.17. The molecule has 2 atom stereocenters. The Morgan fingerprint density at radius 1 is 1.62 bits per heavy atom. The lowest BCUT2D eigenvalue weighted by Gasteiger charge is -2.05. The van der Waals surface area contributed by atoms with Gasteiger partial charge in [-0.1, -0.05) is 0 Å².